The van der Waals surface area contributed by atoms with E-state index in [1.165, 1.54) is 67.1 Å². The van der Waals surface area contributed by atoms with Crippen molar-refractivity contribution in [3.63, 3.8) is 0 Å². The molecule has 0 N–H and O–H groups in total. The summed E-state index contributed by atoms with van der Waals surface area (Å²) in [5, 5.41) is 1.20. The molecule has 0 radical (unpaired) electrons. The van der Waals surface area contributed by atoms with Crippen LogP contribution >= 0.6 is 0 Å². The molecule has 0 rings (SSSR count). The Kier molecular flexibility index (Phi) is 11.3. The number of rotatable bonds is 13. The lowest BCUT2D eigenvalue weighted by Gasteiger charge is -2.48. The number of hydrogen-bond acceptors (Lipinski definition) is 0. The largest absolute Gasteiger partial charge is 0.0678 e. The predicted octanol–water partition coefficient (Wildman–Crippen LogP) is 7.88. The van der Waals surface area contributed by atoms with Gasteiger partial charge in [0.15, 0.2) is 0 Å². The molecule has 0 aliphatic heterocycles. The van der Waals surface area contributed by atoms with E-state index in [-0.39, 0.29) is 0 Å². The van der Waals surface area contributed by atoms with E-state index in [0.29, 0.717) is 0 Å². The van der Waals surface area contributed by atoms with Crippen LogP contribution in [0.15, 0.2) is 0 Å². The summed E-state index contributed by atoms with van der Waals surface area (Å²) in [5.74, 6) is 0. The molecule has 21 heavy (non-hydrogen) atoms. The molecule has 0 atom stereocenters. The molecule has 2 heteroatoms. The van der Waals surface area contributed by atoms with Crippen molar-refractivity contribution in [3.05, 3.63) is 0 Å². The summed E-state index contributed by atoms with van der Waals surface area (Å²) < 4.78 is 0. The molecule has 0 aliphatic rings. The first-order valence-corrected chi connectivity index (χ1v) is 15.5. The minimum absolute atomic E-state index is 1.04. The van der Waals surface area contributed by atoms with Gasteiger partial charge in [0.2, 0.25) is 0 Å². The van der Waals surface area contributed by atoms with Gasteiger partial charge in [-0.1, -0.05) is 117 Å². The predicted molar refractivity (Wildman–Crippen MR) is 107 cm³/mol. The van der Waals surface area contributed by atoms with Crippen LogP contribution in [0.5, 0.6) is 0 Å². The van der Waals surface area contributed by atoms with Crippen molar-refractivity contribution >= 4 is 16.1 Å². The summed E-state index contributed by atoms with van der Waals surface area (Å²) in [5.41, 5.74) is 0. The minimum Gasteiger partial charge on any atom is -0.0678 e. The van der Waals surface area contributed by atoms with Crippen LogP contribution in [0.1, 0.15) is 80.6 Å². The van der Waals surface area contributed by atoms with Crippen LogP contribution in [0.2, 0.25) is 41.4 Å². The summed E-state index contributed by atoms with van der Waals surface area (Å²) in [6.45, 7) is 17.5. The fourth-order valence-electron chi connectivity index (χ4n) is 5.02. The zero-order valence-corrected chi connectivity index (χ0v) is 18.4. The third-order valence-corrected chi connectivity index (χ3v) is 22.7. The van der Waals surface area contributed by atoms with Gasteiger partial charge in [-0.25, -0.2) is 0 Å². The molecular weight excluding hydrogens is 284 g/mol. The van der Waals surface area contributed by atoms with Crippen LogP contribution in [0.25, 0.3) is 0 Å². The SMILES string of the molecule is CCCCCCC([Si](CC)(CC)CC)[Si](CC)(CC)CC. The molecule has 0 saturated carbocycles. The first kappa shape index (κ1) is 21.4. The fraction of sp³-hybridized carbons (Fsp3) is 1.00. The second-order valence-corrected chi connectivity index (χ2v) is 18.9. The lowest BCUT2D eigenvalue weighted by Crippen LogP contribution is -2.52. The molecule has 0 heterocycles. The Morgan fingerprint density at radius 1 is 0.524 bits per heavy atom. The van der Waals surface area contributed by atoms with Crippen LogP contribution < -0.4 is 0 Å². The molecule has 0 amide bonds. The van der Waals surface area contributed by atoms with Crippen molar-refractivity contribution in [2.45, 2.75) is 122 Å². The minimum atomic E-state index is -1.04. The Balaban J connectivity index is 5.32. The first-order valence-electron chi connectivity index (χ1n) is 10.1. The van der Waals surface area contributed by atoms with Gasteiger partial charge in [-0.05, 0) is 5.16 Å². The summed E-state index contributed by atoms with van der Waals surface area (Å²) in [6.07, 6.45) is 7.41. The third-order valence-electron chi connectivity index (χ3n) is 7.05. The highest BCUT2D eigenvalue weighted by molar-refractivity contribution is 6.99. The van der Waals surface area contributed by atoms with Crippen LogP contribution in [0, 0.1) is 0 Å². The van der Waals surface area contributed by atoms with Crippen LogP contribution in [0.3, 0.4) is 0 Å². The molecule has 0 bridgehead atoms. The van der Waals surface area contributed by atoms with Gasteiger partial charge >= 0.3 is 0 Å². The Morgan fingerprint density at radius 3 is 1.19 bits per heavy atom. The van der Waals surface area contributed by atoms with Gasteiger partial charge in [-0.15, -0.1) is 0 Å². The molecule has 0 fully saturated rings. The number of hydrogen-bond donors (Lipinski definition) is 0. The second-order valence-electron chi connectivity index (χ2n) is 7.25. The quantitative estimate of drug-likeness (QED) is 0.238. The maximum atomic E-state index is 2.53. The molecule has 0 nitrogen and oxygen atoms in total. The van der Waals surface area contributed by atoms with Crippen molar-refractivity contribution < 1.29 is 0 Å². The van der Waals surface area contributed by atoms with E-state index >= 15 is 0 Å². The van der Waals surface area contributed by atoms with Gasteiger partial charge in [0.25, 0.3) is 0 Å². The topological polar surface area (TPSA) is 0 Å². The maximum absolute atomic E-state index is 2.53. The zero-order chi connectivity index (χ0) is 16.4. The Bertz CT molecular complexity index is 205. The molecular formula is C19H44Si2. The van der Waals surface area contributed by atoms with E-state index in [1.54, 1.807) is 6.42 Å². The molecule has 0 aromatic carbocycles. The Morgan fingerprint density at radius 2 is 0.905 bits per heavy atom. The van der Waals surface area contributed by atoms with Crippen LogP contribution in [-0.4, -0.2) is 16.1 Å². The summed E-state index contributed by atoms with van der Waals surface area (Å²) in [6, 6.07) is 9.21. The number of unbranched alkanes of at least 4 members (excludes halogenated alkanes) is 3. The smallest absolute Gasteiger partial charge is 0.0532 e. The molecule has 128 valence electrons. The molecule has 0 spiro atoms. The standard InChI is InChI=1S/C19H44Si2/c1-8-15-16-17-18-19(20(9-2,10-3)11-4)21(12-5,13-6)14-7/h19H,8-18H2,1-7H3. The average Bonchev–Trinajstić information content (AvgIpc) is 2.54. The Hall–Kier alpha value is 0.434. The second kappa shape index (κ2) is 11.0. The normalized spacial score (nSPS) is 13.1. The summed E-state index contributed by atoms with van der Waals surface area (Å²) >= 11 is 0. The van der Waals surface area contributed by atoms with Crippen molar-refractivity contribution in [3.8, 4) is 0 Å². The molecule has 0 saturated heterocycles. The van der Waals surface area contributed by atoms with Crippen LogP contribution in [0.4, 0.5) is 0 Å². The first-order chi connectivity index (χ1) is 10.1. The third kappa shape index (κ3) is 5.23. The van der Waals surface area contributed by atoms with Gasteiger partial charge < -0.3 is 0 Å². The monoisotopic (exact) mass is 328 g/mol. The van der Waals surface area contributed by atoms with E-state index in [9.17, 15) is 0 Å². The maximum Gasteiger partial charge on any atom is 0.0532 e. The van der Waals surface area contributed by atoms with Crippen molar-refractivity contribution in [1.29, 1.82) is 0 Å². The van der Waals surface area contributed by atoms with Crippen molar-refractivity contribution in [2.75, 3.05) is 0 Å². The van der Waals surface area contributed by atoms with Gasteiger partial charge in [0, 0.05) is 0 Å². The molecule has 0 aromatic rings. The lowest BCUT2D eigenvalue weighted by molar-refractivity contribution is 0.632. The van der Waals surface area contributed by atoms with Crippen molar-refractivity contribution in [2.24, 2.45) is 0 Å². The molecule has 0 aromatic heterocycles. The van der Waals surface area contributed by atoms with Gasteiger partial charge in [-0.3, -0.25) is 0 Å². The van der Waals surface area contributed by atoms with Crippen molar-refractivity contribution in [1.82, 2.24) is 0 Å². The Labute approximate surface area is 138 Å². The van der Waals surface area contributed by atoms with Gasteiger partial charge in [-0.2, -0.15) is 0 Å². The summed E-state index contributed by atoms with van der Waals surface area (Å²) in [7, 11) is -2.09. The van der Waals surface area contributed by atoms with Crippen LogP contribution in [-0.2, 0) is 0 Å². The lowest BCUT2D eigenvalue weighted by atomic mass is 10.2. The molecule has 0 unspecified atom stereocenters. The molecule has 0 aliphatic carbocycles. The van der Waals surface area contributed by atoms with E-state index in [1.807, 2.05) is 0 Å². The van der Waals surface area contributed by atoms with E-state index in [4.69, 9.17) is 0 Å². The summed E-state index contributed by atoms with van der Waals surface area (Å²) in [4.78, 5) is 0. The van der Waals surface area contributed by atoms with E-state index < -0.39 is 16.1 Å². The van der Waals surface area contributed by atoms with Gasteiger partial charge in [0.1, 0.15) is 0 Å². The highest BCUT2D eigenvalue weighted by Crippen LogP contribution is 2.47. The fourth-order valence-corrected chi connectivity index (χ4v) is 21.5. The zero-order valence-electron chi connectivity index (χ0n) is 16.4. The van der Waals surface area contributed by atoms with E-state index in [2.05, 4.69) is 48.5 Å². The van der Waals surface area contributed by atoms with E-state index in [0.717, 1.165) is 0 Å². The van der Waals surface area contributed by atoms with Gasteiger partial charge in [0.05, 0.1) is 16.1 Å². The highest BCUT2D eigenvalue weighted by atomic mass is 28.4. The highest BCUT2D eigenvalue weighted by Gasteiger charge is 2.47. The average molecular weight is 329 g/mol.